The number of hydrogen-bond acceptors (Lipinski definition) is 7. The summed E-state index contributed by atoms with van der Waals surface area (Å²) >= 11 is 4.29. The number of ether oxygens (including phenoxy) is 2. The van der Waals surface area contributed by atoms with Crippen molar-refractivity contribution in [1.82, 2.24) is 25.6 Å². The Bertz CT molecular complexity index is 401. The standard InChI is InChI=1S/C15H31N5O2S/c1-13(2)17-11-15-12-20(19-18-15)5-7-22-9-8-21-6-4-16-10-14(3)23/h12-14,16-17,23H,4-11H2,1-3H3. The highest BCUT2D eigenvalue weighted by atomic mass is 32.1. The van der Waals surface area contributed by atoms with Crippen LogP contribution in [0.25, 0.3) is 0 Å². The first kappa shape index (κ1) is 20.4. The van der Waals surface area contributed by atoms with Crippen LogP contribution in [-0.2, 0) is 22.6 Å². The molecule has 1 heterocycles. The molecule has 134 valence electrons. The lowest BCUT2D eigenvalue weighted by molar-refractivity contribution is 0.0449. The summed E-state index contributed by atoms with van der Waals surface area (Å²) in [6.07, 6.45) is 1.95. The van der Waals surface area contributed by atoms with Crippen molar-refractivity contribution < 1.29 is 9.47 Å². The second kappa shape index (κ2) is 12.7. The summed E-state index contributed by atoms with van der Waals surface area (Å²) in [4.78, 5) is 0. The Kier molecular flexibility index (Phi) is 11.3. The van der Waals surface area contributed by atoms with Crippen LogP contribution >= 0.6 is 12.6 Å². The van der Waals surface area contributed by atoms with Crippen molar-refractivity contribution >= 4 is 12.6 Å². The minimum atomic E-state index is 0.372. The summed E-state index contributed by atoms with van der Waals surface area (Å²) in [5, 5.41) is 15.1. The van der Waals surface area contributed by atoms with E-state index < -0.39 is 0 Å². The van der Waals surface area contributed by atoms with Gasteiger partial charge in [-0.3, -0.25) is 0 Å². The molecular weight excluding hydrogens is 314 g/mol. The lowest BCUT2D eigenvalue weighted by atomic mass is 10.3. The number of hydrogen-bond donors (Lipinski definition) is 3. The van der Waals surface area contributed by atoms with E-state index >= 15 is 0 Å². The zero-order valence-electron chi connectivity index (χ0n) is 14.5. The highest BCUT2D eigenvalue weighted by molar-refractivity contribution is 7.80. The molecule has 0 fully saturated rings. The molecular formula is C15H31N5O2S. The molecule has 1 aromatic rings. The molecule has 0 saturated heterocycles. The molecule has 0 aliphatic rings. The molecule has 8 heteroatoms. The number of nitrogens with one attached hydrogen (secondary N) is 2. The Balaban J connectivity index is 1.93. The van der Waals surface area contributed by atoms with Crippen molar-refractivity contribution in [1.29, 1.82) is 0 Å². The first-order valence-electron chi connectivity index (χ1n) is 8.24. The van der Waals surface area contributed by atoms with Gasteiger partial charge in [0, 0.05) is 37.1 Å². The van der Waals surface area contributed by atoms with Gasteiger partial charge >= 0.3 is 0 Å². The van der Waals surface area contributed by atoms with Gasteiger partial charge in [0.05, 0.1) is 38.7 Å². The predicted octanol–water partition coefficient (Wildman–Crippen LogP) is 0.717. The Morgan fingerprint density at radius 2 is 1.91 bits per heavy atom. The van der Waals surface area contributed by atoms with Gasteiger partial charge in [-0.25, -0.2) is 4.68 Å². The zero-order chi connectivity index (χ0) is 16.9. The summed E-state index contributed by atoms with van der Waals surface area (Å²) in [6, 6.07) is 0.444. The summed E-state index contributed by atoms with van der Waals surface area (Å²) < 4.78 is 12.8. The second-order valence-electron chi connectivity index (χ2n) is 5.79. The van der Waals surface area contributed by atoms with Gasteiger partial charge in [-0.2, -0.15) is 12.6 Å². The van der Waals surface area contributed by atoms with Crippen LogP contribution in [0.1, 0.15) is 26.5 Å². The maximum atomic E-state index is 5.53. The molecule has 0 aromatic carbocycles. The highest BCUT2D eigenvalue weighted by Gasteiger charge is 2.01. The van der Waals surface area contributed by atoms with Gasteiger partial charge in [0.2, 0.25) is 0 Å². The molecule has 0 radical (unpaired) electrons. The fraction of sp³-hybridized carbons (Fsp3) is 0.867. The molecule has 0 amide bonds. The van der Waals surface area contributed by atoms with Gasteiger partial charge < -0.3 is 20.1 Å². The van der Waals surface area contributed by atoms with Crippen LogP contribution in [-0.4, -0.2) is 65.8 Å². The molecule has 0 aliphatic heterocycles. The summed E-state index contributed by atoms with van der Waals surface area (Å²) in [5.74, 6) is 0. The molecule has 2 N–H and O–H groups in total. The van der Waals surface area contributed by atoms with Crippen LogP contribution in [0, 0.1) is 0 Å². The van der Waals surface area contributed by atoms with Gasteiger partial charge in [0.1, 0.15) is 0 Å². The van der Waals surface area contributed by atoms with E-state index in [1.54, 1.807) is 4.68 Å². The Hall–Kier alpha value is -0.670. The first-order chi connectivity index (χ1) is 11.1. The van der Waals surface area contributed by atoms with Gasteiger partial charge in [0.15, 0.2) is 0 Å². The normalized spacial score (nSPS) is 12.9. The molecule has 0 saturated carbocycles. The fourth-order valence-electron chi connectivity index (χ4n) is 1.77. The number of thiol groups is 1. The summed E-state index contributed by atoms with van der Waals surface area (Å²) in [7, 11) is 0. The van der Waals surface area contributed by atoms with E-state index in [2.05, 4.69) is 54.3 Å². The van der Waals surface area contributed by atoms with Crippen LogP contribution in [0.5, 0.6) is 0 Å². The predicted molar refractivity (Wildman–Crippen MR) is 95.0 cm³/mol. The Morgan fingerprint density at radius 1 is 1.17 bits per heavy atom. The first-order valence-corrected chi connectivity index (χ1v) is 8.76. The molecule has 23 heavy (non-hydrogen) atoms. The average molecular weight is 346 g/mol. The Morgan fingerprint density at radius 3 is 2.61 bits per heavy atom. The topological polar surface area (TPSA) is 73.2 Å². The van der Waals surface area contributed by atoms with E-state index in [1.807, 2.05) is 6.20 Å². The zero-order valence-corrected chi connectivity index (χ0v) is 15.4. The third-order valence-corrected chi connectivity index (χ3v) is 3.16. The number of nitrogens with zero attached hydrogens (tertiary/aromatic N) is 3. The Labute approximate surface area is 144 Å². The SMILES string of the molecule is CC(S)CNCCOCCOCCn1cc(CNC(C)C)nn1. The van der Waals surface area contributed by atoms with Crippen molar-refractivity contribution in [2.45, 2.75) is 45.2 Å². The molecule has 1 aromatic heterocycles. The lowest BCUT2D eigenvalue weighted by Crippen LogP contribution is -2.25. The summed E-state index contributed by atoms with van der Waals surface area (Å²) in [5.41, 5.74) is 0.949. The maximum Gasteiger partial charge on any atom is 0.0964 e. The minimum absolute atomic E-state index is 0.372. The van der Waals surface area contributed by atoms with Crippen molar-refractivity contribution in [3.63, 3.8) is 0 Å². The average Bonchev–Trinajstić information content (AvgIpc) is 2.94. The quantitative estimate of drug-likeness (QED) is 0.341. The largest absolute Gasteiger partial charge is 0.378 e. The molecule has 1 unspecified atom stereocenters. The molecule has 0 bridgehead atoms. The van der Waals surface area contributed by atoms with Gasteiger partial charge in [-0.15, -0.1) is 5.10 Å². The second-order valence-corrected chi connectivity index (χ2v) is 6.67. The lowest BCUT2D eigenvalue weighted by Gasteiger charge is -2.08. The third-order valence-electron chi connectivity index (χ3n) is 2.98. The van der Waals surface area contributed by atoms with Crippen molar-refractivity contribution in [2.75, 3.05) is 39.5 Å². The smallest absolute Gasteiger partial charge is 0.0964 e. The van der Waals surface area contributed by atoms with Crippen LogP contribution in [0.15, 0.2) is 6.20 Å². The van der Waals surface area contributed by atoms with Crippen LogP contribution in [0.3, 0.4) is 0 Å². The molecule has 7 nitrogen and oxygen atoms in total. The van der Waals surface area contributed by atoms with Crippen molar-refractivity contribution in [3.8, 4) is 0 Å². The third kappa shape index (κ3) is 11.5. The van der Waals surface area contributed by atoms with Crippen LogP contribution < -0.4 is 10.6 Å². The van der Waals surface area contributed by atoms with Crippen molar-refractivity contribution in [2.24, 2.45) is 0 Å². The molecule has 1 rings (SSSR count). The minimum Gasteiger partial charge on any atom is -0.378 e. The monoisotopic (exact) mass is 345 g/mol. The van der Waals surface area contributed by atoms with Gasteiger partial charge in [-0.05, 0) is 0 Å². The maximum absolute atomic E-state index is 5.53. The van der Waals surface area contributed by atoms with E-state index in [0.29, 0.717) is 44.3 Å². The van der Waals surface area contributed by atoms with E-state index in [0.717, 1.165) is 25.3 Å². The number of rotatable bonds is 14. The van der Waals surface area contributed by atoms with E-state index in [-0.39, 0.29) is 0 Å². The fourth-order valence-corrected chi connectivity index (χ4v) is 1.90. The van der Waals surface area contributed by atoms with E-state index in [4.69, 9.17) is 9.47 Å². The van der Waals surface area contributed by atoms with Crippen LogP contribution in [0.2, 0.25) is 0 Å². The molecule has 0 aliphatic carbocycles. The van der Waals surface area contributed by atoms with E-state index in [1.165, 1.54) is 0 Å². The highest BCUT2D eigenvalue weighted by Crippen LogP contribution is 1.94. The van der Waals surface area contributed by atoms with E-state index in [9.17, 15) is 0 Å². The molecule has 0 spiro atoms. The number of aromatic nitrogens is 3. The molecule has 1 atom stereocenters. The van der Waals surface area contributed by atoms with Crippen LogP contribution in [0.4, 0.5) is 0 Å². The van der Waals surface area contributed by atoms with Gasteiger partial charge in [-0.1, -0.05) is 26.0 Å². The summed E-state index contributed by atoms with van der Waals surface area (Å²) in [6.45, 7) is 12.0. The van der Waals surface area contributed by atoms with Crippen molar-refractivity contribution in [3.05, 3.63) is 11.9 Å². The van der Waals surface area contributed by atoms with Gasteiger partial charge in [0.25, 0.3) is 0 Å².